The molecule has 0 unspecified atom stereocenters. The van der Waals surface area contributed by atoms with Gasteiger partial charge >= 0.3 is 0 Å². The molecule has 1 saturated heterocycles. The molecule has 3 aromatic heterocycles. The van der Waals surface area contributed by atoms with Crippen LogP contribution in [0.2, 0.25) is 0 Å². The van der Waals surface area contributed by atoms with E-state index in [1.165, 1.54) is 0 Å². The summed E-state index contributed by atoms with van der Waals surface area (Å²) in [6, 6.07) is 17.2. The second kappa shape index (κ2) is 7.68. The molecule has 1 amide bonds. The number of aromatic amines is 1. The highest BCUT2D eigenvalue weighted by atomic mass is 16.3. The van der Waals surface area contributed by atoms with Crippen molar-refractivity contribution in [1.29, 1.82) is 0 Å². The van der Waals surface area contributed by atoms with Crippen molar-refractivity contribution in [2.75, 3.05) is 13.1 Å². The van der Waals surface area contributed by atoms with Crippen molar-refractivity contribution in [3.8, 4) is 11.4 Å². The van der Waals surface area contributed by atoms with Gasteiger partial charge in [-0.05, 0) is 42.3 Å². The lowest BCUT2D eigenvalue weighted by Gasteiger charge is -2.16. The molecule has 4 aromatic rings. The number of hydrogen-bond donors (Lipinski definition) is 2. The first-order chi connectivity index (χ1) is 14.7. The zero-order valence-corrected chi connectivity index (χ0v) is 16.3. The molecular formula is C23H21N5O2. The summed E-state index contributed by atoms with van der Waals surface area (Å²) in [7, 11) is 0. The molecular weight excluding hydrogens is 378 g/mol. The van der Waals surface area contributed by atoms with E-state index in [9.17, 15) is 9.90 Å². The number of amides is 1. The summed E-state index contributed by atoms with van der Waals surface area (Å²) >= 11 is 0. The number of rotatable bonds is 4. The number of aromatic nitrogens is 4. The number of nitrogens with zero attached hydrogens (tertiary/aromatic N) is 4. The number of hydrogen-bond acceptors (Lipinski definition) is 5. The van der Waals surface area contributed by atoms with Crippen LogP contribution in [0.15, 0.2) is 67.0 Å². The lowest BCUT2D eigenvalue weighted by Crippen LogP contribution is -2.29. The van der Waals surface area contributed by atoms with Gasteiger partial charge in [0.25, 0.3) is 5.91 Å². The fourth-order valence-electron chi connectivity index (χ4n) is 4.08. The number of fused-ring (bicyclic) bond motifs is 1. The van der Waals surface area contributed by atoms with E-state index in [2.05, 4.69) is 20.2 Å². The molecule has 0 bridgehead atoms. The Labute approximate surface area is 173 Å². The average Bonchev–Trinajstić information content (AvgIpc) is 3.42. The van der Waals surface area contributed by atoms with Gasteiger partial charge in [-0.15, -0.1) is 0 Å². The van der Waals surface area contributed by atoms with Crippen molar-refractivity contribution in [2.24, 2.45) is 5.92 Å². The largest absolute Gasteiger partial charge is 0.391 e. The summed E-state index contributed by atoms with van der Waals surface area (Å²) in [4.78, 5) is 23.3. The minimum atomic E-state index is -0.570. The fraction of sp³-hybridized carbons (Fsp3) is 0.217. The topological polar surface area (TPSA) is 95.0 Å². The number of nitrogens with one attached hydrogen (secondary N) is 1. The number of pyridine rings is 2. The van der Waals surface area contributed by atoms with Crippen molar-refractivity contribution < 1.29 is 9.90 Å². The van der Waals surface area contributed by atoms with Gasteiger partial charge < -0.3 is 10.0 Å². The van der Waals surface area contributed by atoms with E-state index >= 15 is 0 Å². The van der Waals surface area contributed by atoms with Crippen LogP contribution < -0.4 is 0 Å². The minimum absolute atomic E-state index is 0.0297. The maximum atomic E-state index is 13.0. The van der Waals surface area contributed by atoms with Crippen molar-refractivity contribution >= 4 is 16.8 Å². The van der Waals surface area contributed by atoms with E-state index in [0.29, 0.717) is 36.6 Å². The van der Waals surface area contributed by atoms with Gasteiger partial charge in [0.15, 0.2) is 0 Å². The van der Waals surface area contributed by atoms with Crippen LogP contribution >= 0.6 is 0 Å². The molecule has 7 heteroatoms. The summed E-state index contributed by atoms with van der Waals surface area (Å²) in [5, 5.41) is 18.7. The summed E-state index contributed by atoms with van der Waals surface area (Å²) < 4.78 is 0. The number of aliphatic hydroxyl groups excluding tert-OH is 1. The molecule has 2 atom stereocenters. The Morgan fingerprint density at radius 3 is 2.77 bits per heavy atom. The third-order valence-corrected chi connectivity index (χ3v) is 5.65. The van der Waals surface area contributed by atoms with Gasteiger partial charge in [-0.3, -0.25) is 19.9 Å². The van der Waals surface area contributed by atoms with Gasteiger partial charge in [0, 0.05) is 36.8 Å². The maximum absolute atomic E-state index is 13.0. The van der Waals surface area contributed by atoms with Crippen LogP contribution in [0.5, 0.6) is 0 Å². The molecule has 1 aromatic carbocycles. The van der Waals surface area contributed by atoms with Gasteiger partial charge in [-0.2, -0.15) is 5.10 Å². The van der Waals surface area contributed by atoms with Crippen LogP contribution in [0, 0.1) is 5.92 Å². The Bertz CT molecular complexity index is 1190. The predicted molar refractivity (Wildman–Crippen MR) is 113 cm³/mol. The molecule has 5 rings (SSSR count). The molecule has 0 spiro atoms. The Morgan fingerprint density at radius 2 is 1.90 bits per heavy atom. The van der Waals surface area contributed by atoms with Gasteiger partial charge in [0.1, 0.15) is 11.4 Å². The molecule has 2 N–H and O–H groups in total. The van der Waals surface area contributed by atoms with Crippen LogP contribution in [0.1, 0.15) is 16.1 Å². The molecule has 0 aliphatic carbocycles. The summed E-state index contributed by atoms with van der Waals surface area (Å²) in [5.41, 5.74) is 3.81. The van der Waals surface area contributed by atoms with E-state index in [1.807, 2.05) is 48.5 Å². The van der Waals surface area contributed by atoms with Gasteiger partial charge in [0.2, 0.25) is 0 Å². The zero-order chi connectivity index (χ0) is 20.5. The highest BCUT2D eigenvalue weighted by Gasteiger charge is 2.35. The highest BCUT2D eigenvalue weighted by Crippen LogP contribution is 2.26. The van der Waals surface area contributed by atoms with E-state index in [4.69, 9.17) is 0 Å². The summed E-state index contributed by atoms with van der Waals surface area (Å²) in [6.07, 6.45) is 3.61. The highest BCUT2D eigenvalue weighted by molar-refractivity contribution is 5.93. The van der Waals surface area contributed by atoms with E-state index < -0.39 is 6.10 Å². The SMILES string of the molecule is O=C(c1cc(-c2ccccn2)n[nH]1)N1C[C@@H](Cc2ccnc3ccccc23)[C@@H](O)C1. The van der Waals surface area contributed by atoms with E-state index in [1.54, 1.807) is 23.4 Å². The second-order valence-corrected chi connectivity index (χ2v) is 7.61. The fourth-order valence-corrected chi connectivity index (χ4v) is 4.08. The molecule has 30 heavy (non-hydrogen) atoms. The number of aliphatic hydroxyl groups is 1. The quantitative estimate of drug-likeness (QED) is 0.550. The van der Waals surface area contributed by atoms with Crippen LogP contribution in [0.3, 0.4) is 0 Å². The molecule has 1 fully saturated rings. The van der Waals surface area contributed by atoms with Crippen LogP contribution in [0.4, 0.5) is 0 Å². The number of carbonyl (C=O) groups is 1. The number of para-hydroxylation sites is 1. The summed E-state index contributed by atoms with van der Waals surface area (Å²) in [6.45, 7) is 0.805. The molecule has 1 aliphatic rings. The Hall–Kier alpha value is -3.58. The molecule has 4 heterocycles. The normalized spacial score (nSPS) is 18.8. The molecule has 0 saturated carbocycles. The molecule has 150 valence electrons. The first-order valence-electron chi connectivity index (χ1n) is 9.96. The standard InChI is InChI=1S/C23H21N5O2/c29-22-14-28(23(30)21-12-20(26-27-21)19-7-3-4-9-24-19)13-16(22)11-15-8-10-25-18-6-2-1-5-17(15)18/h1-10,12,16,22,29H,11,13-14H2,(H,26,27)/t16-,22+/m1/s1. The van der Waals surface area contributed by atoms with Crippen molar-refractivity contribution in [2.45, 2.75) is 12.5 Å². The number of carbonyl (C=O) groups excluding carboxylic acids is 1. The van der Waals surface area contributed by atoms with Crippen molar-refractivity contribution in [3.05, 3.63) is 78.2 Å². The first-order valence-corrected chi connectivity index (χ1v) is 9.96. The molecule has 1 aliphatic heterocycles. The van der Waals surface area contributed by atoms with Crippen LogP contribution in [-0.4, -0.2) is 55.3 Å². The Kier molecular flexibility index (Phi) is 4.72. The monoisotopic (exact) mass is 399 g/mol. The van der Waals surface area contributed by atoms with Crippen molar-refractivity contribution in [3.63, 3.8) is 0 Å². The minimum Gasteiger partial charge on any atom is -0.391 e. The molecule has 0 radical (unpaired) electrons. The predicted octanol–water partition coefficient (Wildman–Crippen LogP) is 2.70. The van der Waals surface area contributed by atoms with Crippen molar-refractivity contribution in [1.82, 2.24) is 25.1 Å². The van der Waals surface area contributed by atoms with E-state index in [0.717, 1.165) is 16.5 Å². The van der Waals surface area contributed by atoms with Gasteiger partial charge in [-0.25, -0.2) is 0 Å². The average molecular weight is 399 g/mol. The molecule has 7 nitrogen and oxygen atoms in total. The third kappa shape index (κ3) is 3.44. The third-order valence-electron chi connectivity index (χ3n) is 5.65. The van der Waals surface area contributed by atoms with Gasteiger partial charge in [-0.1, -0.05) is 24.3 Å². The first kappa shape index (κ1) is 18.4. The number of H-pyrrole nitrogens is 1. The maximum Gasteiger partial charge on any atom is 0.271 e. The number of benzene rings is 1. The van der Waals surface area contributed by atoms with Crippen LogP contribution in [-0.2, 0) is 6.42 Å². The lowest BCUT2D eigenvalue weighted by molar-refractivity contribution is 0.0759. The smallest absolute Gasteiger partial charge is 0.271 e. The van der Waals surface area contributed by atoms with Crippen LogP contribution in [0.25, 0.3) is 22.3 Å². The second-order valence-electron chi connectivity index (χ2n) is 7.61. The Morgan fingerprint density at radius 1 is 1.03 bits per heavy atom. The van der Waals surface area contributed by atoms with Gasteiger partial charge in [0.05, 0.1) is 17.3 Å². The lowest BCUT2D eigenvalue weighted by atomic mass is 9.94. The Balaban J connectivity index is 1.32. The zero-order valence-electron chi connectivity index (χ0n) is 16.3. The number of β-amino-alcohol motifs (C(OH)–C–C–N with tert-alkyl or cyclic N) is 1. The van der Waals surface area contributed by atoms with E-state index in [-0.39, 0.29) is 11.8 Å². The summed E-state index contributed by atoms with van der Waals surface area (Å²) in [5.74, 6) is -0.191. The number of likely N-dealkylation sites (tertiary alicyclic amines) is 1.